The van der Waals surface area contributed by atoms with E-state index < -0.39 is 0 Å². The van der Waals surface area contributed by atoms with Crippen LogP contribution in [0.15, 0.2) is 198 Å². The maximum atomic E-state index is 3.00. The average molecular weight is 747 g/mol. The number of benzene rings is 3. The van der Waals surface area contributed by atoms with Crippen LogP contribution >= 0.6 is 0 Å². The van der Waals surface area contributed by atoms with Gasteiger partial charge in [-0.05, 0) is 128 Å². The van der Waals surface area contributed by atoms with Crippen LogP contribution in [-0.2, 0) is 5.41 Å². The van der Waals surface area contributed by atoms with Gasteiger partial charge in [-0.15, -0.1) is 13.2 Å². The fourth-order valence-electron chi connectivity index (χ4n) is 9.65. The van der Waals surface area contributed by atoms with Crippen molar-refractivity contribution in [2.45, 2.75) is 91.9 Å². The zero-order valence-corrected chi connectivity index (χ0v) is 35.4. The first-order valence-electron chi connectivity index (χ1n) is 21.8. The standard InChI is InChI=1S/C49H40.3C2H6.C2H4/c1-3-13-34(14-4-1)36-27-25-33(31-36)26-30-39(38-29-28-37(32-38)35-15-5-2-6-16-35)42-19-11-24-47-48(42)43-20-12-23-46(43)49(47)44-21-9-7-17-40(44)41-18-8-10-22-45(41)49;4*1-2/h3,5,7-19,21-25,27-31,36H,1-2,4,6,20,26,32H2;3*1-2H3;1-2H2/b39-30-;;;;. The summed E-state index contributed by atoms with van der Waals surface area (Å²) in [5.41, 5.74) is 21.1. The van der Waals surface area contributed by atoms with Crippen molar-refractivity contribution in [3.8, 4) is 11.1 Å². The zero-order chi connectivity index (χ0) is 40.4. The van der Waals surface area contributed by atoms with Gasteiger partial charge in [0, 0.05) is 5.92 Å². The van der Waals surface area contributed by atoms with Crippen LogP contribution in [0.2, 0.25) is 0 Å². The Hall–Kier alpha value is -5.46. The molecule has 0 aromatic heterocycles. The lowest BCUT2D eigenvalue weighted by Crippen LogP contribution is -2.26. The highest BCUT2D eigenvalue weighted by atomic mass is 14.5. The molecule has 0 N–H and O–H groups in total. The summed E-state index contributed by atoms with van der Waals surface area (Å²) in [7, 11) is 0. The monoisotopic (exact) mass is 746 g/mol. The minimum atomic E-state index is -0.275. The summed E-state index contributed by atoms with van der Waals surface area (Å²) in [6.45, 7) is 18.0. The summed E-state index contributed by atoms with van der Waals surface area (Å²) < 4.78 is 0. The van der Waals surface area contributed by atoms with E-state index in [9.17, 15) is 0 Å². The molecule has 290 valence electrons. The van der Waals surface area contributed by atoms with Crippen molar-refractivity contribution in [2.24, 2.45) is 5.92 Å². The predicted molar refractivity (Wildman–Crippen MR) is 251 cm³/mol. The molecule has 0 heterocycles. The van der Waals surface area contributed by atoms with E-state index in [0.29, 0.717) is 5.92 Å². The molecule has 0 fully saturated rings. The summed E-state index contributed by atoms with van der Waals surface area (Å²) in [5.74, 6) is 0.396. The molecule has 7 aliphatic rings. The van der Waals surface area contributed by atoms with Crippen LogP contribution in [0.4, 0.5) is 0 Å². The van der Waals surface area contributed by atoms with Crippen molar-refractivity contribution in [1.29, 1.82) is 0 Å². The van der Waals surface area contributed by atoms with Crippen LogP contribution in [0, 0.1) is 5.92 Å². The topological polar surface area (TPSA) is 0 Å². The van der Waals surface area contributed by atoms with E-state index in [-0.39, 0.29) is 5.41 Å². The molecule has 0 radical (unpaired) electrons. The predicted octanol–water partition coefficient (Wildman–Crippen LogP) is 16.3. The molecule has 0 aliphatic heterocycles. The number of rotatable bonds is 6. The lowest BCUT2D eigenvalue weighted by molar-refractivity contribution is 0.787. The lowest BCUT2D eigenvalue weighted by Gasteiger charge is -2.31. The van der Waals surface area contributed by atoms with E-state index in [4.69, 9.17) is 0 Å². The summed E-state index contributed by atoms with van der Waals surface area (Å²) in [5, 5.41) is 0. The van der Waals surface area contributed by atoms with Crippen LogP contribution < -0.4 is 0 Å². The maximum absolute atomic E-state index is 3.00. The third-order valence-corrected chi connectivity index (χ3v) is 11.8. The van der Waals surface area contributed by atoms with Crippen molar-refractivity contribution >= 4 is 11.1 Å². The molecule has 0 heteroatoms. The van der Waals surface area contributed by atoms with Crippen molar-refractivity contribution in [3.63, 3.8) is 0 Å². The second kappa shape index (κ2) is 19.1. The van der Waals surface area contributed by atoms with E-state index in [2.05, 4.69) is 165 Å². The molecule has 1 spiro atoms. The smallest absolute Gasteiger partial charge is 0.0722 e. The first-order chi connectivity index (χ1) is 28.3. The van der Waals surface area contributed by atoms with Crippen LogP contribution in [0.5, 0.6) is 0 Å². The third kappa shape index (κ3) is 7.32. The minimum Gasteiger partial charge on any atom is -0.106 e. The molecule has 1 atom stereocenters. The molecule has 3 aromatic rings. The molecule has 0 saturated carbocycles. The summed E-state index contributed by atoms with van der Waals surface area (Å²) in [4.78, 5) is 0. The number of hydrogen-bond acceptors (Lipinski definition) is 0. The Balaban J connectivity index is 0.000000649. The number of fused-ring (bicyclic) bond motifs is 9. The van der Waals surface area contributed by atoms with E-state index in [1.165, 1.54) is 83.5 Å². The Labute approximate surface area is 344 Å². The van der Waals surface area contributed by atoms with Crippen molar-refractivity contribution in [2.75, 3.05) is 0 Å². The molecular weight excluding hydrogens is 685 g/mol. The van der Waals surface area contributed by atoms with Gasteiger partial charge in [-0.1, -0.05) is 193 Å². The van der Waals surface area contributed by atoms with Gasteiger partial charge in [-0.3, -0.25) is 0 Å². The summed E-state index contributed by atoms with van der Waals surface area (Å²) in [6.07, 6.45) is 41.1. The Kier molecular flexibility index (Phi) is 13.8. The molecule has 0 saturated heterocycles. The Morgan fingerprint density at radius 2 is 1.35 bits per heavy atom. The van der Waals surface area contributed by atoms with Gasteiger partial charge in [-0.2, -0.15) is 0 Å². The highest BCUT2D eigenvalue weighted by Crippen LogP contribution is 2.64. The van der Waals surface area contributed by atoms with Gasteiger partial charge in [0.25, 0.3) is 0 Å². The van der Waals surface area contributed by atoms with E-state index in [0.717, 1.165) is 44.9 Å². The molecule has 1 unspecified atom stereocenters. The van der Waals surface area contributed by atoms with Crippen LogP contribution in [0.3, 0.4) is 0 Å². The van der Waals surface area contributed by atoms with Gasteiger partial charge in [0.05, 0.1) is 5.41 Å². The Morgan fingerprint density at radius 3 is 2.02 bits per heavy atom. The van der Waals surface area contributed by atoms with E-state index in [1.54, 1.807) is 0 Å². The molecule has 0 nitrogen and oxygen atoms in total. The zero-order valence-electron chi connectivity index (χ0n) is 35.4. The van der Waals surface area contributed by atoms with Crippen molar-refractivity contribution in [3.05, 3.63) is 226 Å². The number of hydrogen-bond donors (Lipinski definition) is 0. The summed E-state index contributed by atoms with van der Waals surface area (Å²) >= 11 is 0. The quantitative estimate of drug-likeness (QED) is 0.220. The first-order valence-corrected chi connectivity index (χ1v) is 21.8. The molecular formula is C57H62. The van der Waals surface area contributed by atoms with Gasteiger partial charge in [0.1, 0.15) is 0 Å². The highest BCUT2D eigenvalue weighted by molar-refractivity contribution is 6.01. The van der Waals surface area contributed by atoms with Crippen LogP contribution in [-0.4, -0.2) is 0 Å². The second-order valence-electron chi connectivity index (χ2n) is 14.4. The maximum Gasteiger partial charge on any atom is 0.0722 e. The Bertz CT molecular complexity index is 2260. The SMILES string of the molecule is C1=CC(C2=CC=C(/C(=C/CC3=CC(C4=CCCC=C4)C=C3)c3cccc4c3C3=C(C=CC3)C43c4ccccc4-c4ccccc43)C2)=CCC1.C=C.CC.CC.CC. The van der Waals surface area contributed by atoms with Crippen molar-refractivity contribution in [1.82, 2.24) is 0 Å². The average Bonchev–Trinajstić information content (AvgIpc) is 4.16. The first kappa shape index (κ1) is 41.2. The van der Waals surface area contributed by atoms with Crippen molar-refractivity contribution < 1.29 is 0 Å². The second-order valence-corrected chi connectivity index (χ2v) is 14.4. The van der Waals surface area contributed by atoms with Gasteiger partial charge < -0.3 is 0 Å². The molecule has 7 aliphatic carbocycles. The van der Waals surface area contributed by atoms with Crippen LogP contribution in [0.25, 0.3) is 22.3 Å². The third-order valence-electron chi connectivity index (χ3n) is 11.8. The van der Waals surface area contributed by atoms with E-state index in [1.807, 2.05) is 41.5 Å². The molecule has 0 bridgehead atoms. The summed E-state index contributed by atoms with van der Waals surface area (Å²) in [6, 6.07) is 25.5. The molecule has 0 amide bonds. The Morgan fingerprint density at radius 1 is 0.684 bits per heavy atom. The minimum absolute atomic E-state index is 0.275. The molecule has 57 heavy (non-hydrogen) atoms. The molecule has 10 rings (SSSR count). The van der Waals surface area contributed by atoms with Crippen LogP contribution in [0.1, 0.15) is 114 Å². The highest BCUT2D eigenvalue weighted by Gasteiger charge is 2.53. The molecule has 3 aromatic carbocycles. The fourth-order valence-corrected chi connectivity index (χ4v) is 9.65. The normalized spacial score (nSPS) is 19.4. The van der Waals surface area contributed by atoms with E-state index >= 15 is 0 Å². The largest absolute Gasteiger partial charge is 0.106 e. The van der Waals surface area contributed by atoms with Gasteiger partial charge in [0.2, 0.25) is 0 Å². The van der Waals surface area contributed by atoms with Gasteiger partial charge in [-0.25, -0.2) is 0 Å². The van der Waals surface area contributed by atoms with Gasteiger partial charge in [0.15, 0.2) is 0 Å². The lowest BCUT2D eigenvalue weighted by atomic mass is 9.69. The fraction of sp³-hybridized carbons (Fsp3) is 0.263. The van der Waals surface area contributed by atoms with Gasteiger partial charge >= 0.3 is 0 Å². The number of allylic oxidation sites excluding steroid dienone is 22.